The lowest BCUT2D eigenvalue weighted by Crippen LogP contribution is -2.03. The van der Waals surface area contributed by atoms with E-state index >= 15 is 0 Å². The van der Waals surface area contributed by atoms with Crippen LogP contribution in [0.4, 0.5) is 0 Å². The molecule has 0 aliphatic rings. The van der Waals surface area contributed by atoms with Gasteiger partial charge >= 0.3 is 5.97 Å². The van der Waals surface area contributed by atoms with E-state index in [0.717, 1.165) is 11.1 Å². The monoisotopic (exact) mass is 285 g/mol. The zero-order chi connectivity index (χ0) is 14.4. The molecule has 1 aromatic carbocycles. The van der Waals surface area contributed by atoms with Crippen LogP contribution < -0.4 is 0 Å². The van der Waals surface area contributed by atoms with Crippen LogP contribution in [0.2, 0.25) is 0 Å². The largest absolute Gasteiger partial charge is 0.465 e. The molecule has 4 heteroatoms. The molecule has 0 fully saturated rings. The zero-order valence-electron chi connectivity index (χ0n) is 11.4. The van der Waals surface area contributed by atoms with Gasteiger partial charge in [-0.3, -0.25) is 4.98 Å². The molecule has 2 rings (SSSR count). The van der Waals surface area contributed by atoms with Crippen molar-refractivity contribution in [2.75, 3.05) is 13.4 Å². The lowest BCUT2D eigenvalue weighted by molar-refractivity contribution is -0.133. The van der Waals surface area contributed by atoms with Crippen LogP contribution >= 0.6 is 11.8 Å². The highest BCUT2D eigenvalue weighted by molar-refractivity contribution is 7.98. The fourth-order valence-corrected chi connectivity index (χ4v) is 2.18. The molecule has 0 unspecified atom stereocenters. The molecule has 0 aliphatic carbocycles. The molecule has 0 radical (unpaired) electrons. The fourth-order valence-electron chi connectivity index (χ4n) is 1.77. The van der Waals surface area contributed by atoms with E-state index in [9.17, 15) is 4.79 Å². The molecule has 20 heavy (non-hydrogen) atoms. The highest BCUT2D eigenvalue weighted by Crippen LogP contribution is 2.21. The first-order chi connectivity index (χ1) is 9.74. The van der Waals surface area contributed by atoms with E-state index in [2.05, 4.69) is 4.98 Å². The minimum Gasteiger partial charge on any atom is -0.465 e. The highest BCUT2D eigenvalue weighted by Gasteiger charge is 2.12. The number of carbonyl (C=O) groups excluding carboxylic acids is 1. The molecule has 0 N–H and O–H groups in total. The summed E-state index contributed by atoms with van der Waals surface area (Å²) >= 11 is 1.68. The van der Waals surface area contributed by atoms with Gasteiger partial charge in [0.1, 0.15) is 0 Å². The lowest BCUT2D eigenvalue weighted by atomic mass is 10.0. The van der Waals surface area contributed by atoms with Crippen LogP contribution in [0, 0.1) is 0 Å². The van der Waals surface area contributed by atoms with Crippen molar-refractivity contribution in [2.45, 2.75) is 4.90 Å². The normalized spacial score (nSPS) is 11.2. The molecule has 2 aromatic rings. The Morgan fingerprint density at radius 1 is 1.15 bits per heavy atom. The summed E-state index contributed by atoms with van der Waals surface area (Å²) in [7, 11) is 1.38. The predicted octanol–water partition coefficient (Wildman–Crippen LogP) is 3.52. The first kappa shape index (κ1) is 14.3. The summed E-state index contributed by atoms with van der Waals surface area (Å²) in [6.45, 7) is 0. The number of thioether (sulfide) groups is 1. The second-order valence-corrected chi connectivity index (χ2v) is 4.94. The Morgan fingerprint density at radius 3 is 2.35 bits per heavy atom. The minimum atomic E-state index is -0.356. The van der Waals surface area contributed by atoms with Crippen LogP contribution in [0.15, 0.2) is 53.7 Å². The summed E-state index contributed by atoms with van der Waals surface area (Å²) in [5.74, 6) is -0.356. The molecule has 0 atom stereocenters. The number of hydrogen-bond acceptors (Lipinski definition) is 4. The van der Waals surface area contributed by atoms with Crippen LogP contribution in [0.25, 0.3) is 11.6 Å². The highest BCUT2D eigenvalue weighted by atomic mass is 32.2. The topological polar surface area (TPSA) is 39.2 Å². The summed E-state index contributed by atoms with van der Waals surface area (Å²) in [5.41, 5.74) is 2.27. The Kier molecular flexibility index (Phi) is 4.96. The first-order valence-corrected chi connectivity index (χ1v) is 7.31. The van der Waals surface area contributed by atoms with Gasteiger partial charge in [-0.25, -0.2) is 4.79 Å². The maximum atomic E-state index is 11.9. The van der Waals surface area contributed by atoms with Gasteiger partial charge in [0.15, 0.2) is 0 Å². The van der Waals surface area contributed by atoms with Crippen molar-refractivity contribution < 1.29 is 9.53 Å². The molecule has 1 heterocycles. The molecular weight excluding hydrogens is 270 g/mol. The maximum absolute atomic E-state index is 11.9. The first-order valence-electron chi connectivity index (χ1n) is 6.09. The SMILES string of the molecule is COC(=O)/C(=C\c1ccc(SC)cc1)c1ccncc1. The molecule has 1 aromatic heterocycles. The van der Waals surface area contributed by atoms with Crippen molar-refractivity contribution in [3.05, 3.63) is 59.9 Å². The van der Waals surface area contributed by atoms with Crippen molar-refractivity contribution in [3.63, 3.8) is 0 Å². The fraction of sp³-hybridized carbons (Fsp3) is 0.125. The van der Waals surface area contributed by atoms with Crippen LogP contribution in [0.3, 0.4) is 0 Å². The van der Waals surface area contributed by atoms with Crippen LogP contribution in [0.1, 0.15) is 11.1 Å². The van der Waals surface area contributed by atoms with Crippen molar-refractivity contribution in [3.8, 4) is 0 Å². The number of ether oxygens (including phenoxy) is 1. The van der Waals surface area contributed by atoms with E-state index in [1.807, 2.05) is 36.6 Å². The number of rotatable bonds is 4. The third-order valence-electron chi connectivity index (χ3n) is 2.82. The summed E-state index contributed by atoms with van der Waals surface area (Å²) < 4.78 is 4.85. The van der Waals surface area contributed by atoms with Crippen molar-refractivity contribution >= 4 is 29.4 Å². The van der Waals surface area contributed by atoms with E-state index in [4.69, 9.17) is 4.74 Å². The van der Waals surface area contributed by atoms with Crippen LogP contribution in [-0.2, 0) is 9.53 Å². The molecule has 3 nitrogen and oxygen atoms in total. The van der Waals surface area contributed by atoms with Gasteiger partial charge in [0.05, 0.1) is 12.7 Å². The summed E-state index contributed by atoms with van der Waals surface area (Å²) in [4.78, 5) is 17.1. The standard InChI is InChI=1S/C16H15NO2S/c1-19-16(18)15(13-7-9-17-10-8-13)11-12-3-5-14(20-2)6-4-12/h3-11H,1-2H3/b15-11-. The summed E-state index contributed by atoms with van der Waals surface area (Å²) in [6, 6.07) is 11.6. The number of methoxy groups -OCH3 is 1. The second kappa shape index (κ2) is 6.91. The van der Waals surface area contributed by atoms with Gasteiger partial charge in [0.2, 0.25) is 0 Å². The maximum Gasteiger partial charge on any atom is 0.338 e. The second-order valence-electron chi connectivity index (χ2n) is 4.06. The van der Waals surface area contributed by atoms with Gasteiger partial charge in [-0.2, -0.15) is 0 Å². The number of aromatic nitrogens is 1. The Bertz CT molecular complexity index is 606. The zero-order valence-corrected chi connectivity index (χ0v) is 12.2. The average molecular weight is 285 g/mol. The van der Waals surface area contributed by atoms with Crippen LogP contribution in [0.5, 0.6) is 0 Å². The molecule has 102 valence electrons. The Balaban J connectivity index is 2.40. The van der Waals surface area contributed by atoms with Crippen molar-refractivity contribution in [1.29, 1.82) is 0 Å². The van der Waals surface area contributed by atoms with E-state index < -0.39 is 0 Å². The quantitative estimate of drug-likeness (QED) is 0.489. The molecule has 0 saturated carbocycles. The van der Waals surface area contributed by atoms with Gasteiger partial charge in [-0.05, 0) is 47.7 Å². The third-order valence-corrected chi connectivity index (χ3v) is 3.57. The van der Waals surface area contributed by atoms with Crippen molar-refractivity contribution in [1.82, 2.24) is 4.98 Å². The molecule has 0 spiro atoms. The molecule has 0 saturated heterocycles. The van der Waals surface area contributed by atoms with Gasteiger partial charge in [0, 0.05) is 17.3 Å². The third kappa shape index (κ3) is 3.48. The minimum absolute atomic E-state index is 0.356. The number of pyridine rings is 1. The smallest absolute Gasteiger partial charge is 0.338 e. The Morgan fingerprint density at radius 2 is 1.80 bits per heavy atom. The number of hydrogen-bond donors (Lipinski definition) is 0. The molecule has 0 bridgehead atoms. The van der Waals surface area contributed by atoms with E-state index in [1.54, 1.807) is 36.3 Å². The Labute approximate surface area is 122 Å². The molecule has 0 aliphatic heterocycles. The van der Waals surface area contributed by atoms with Gasteiger partial charge in [-0.15, -0.1) is 11.8 Å². The van der Waals surface area contributed by atoms with E-state index in [1.165, 1.54) is 12.0 Å². The molecular formula is C16H15NO2S. The van der Waals surface area contributed by atoms with Crippen molar-refractivity contribution in [2.24, 2.45) is 0 Å². The number of carbonyl (C=O) groups is 1. The number of esters is 1. The van der Waals surface area contributed by atoms with Crippen LogP contribution in [-0.4, -0.2) is 24.3 Å². The van der Waals surface area contributed by atoms with E-state index in [0.29, 0.717) is 5.57 Å². The molecule has 0 amide bonds. The number of benzene rings is 1. The van der Waals surface area contributed by atoms with Gasteiger partial charge in [-0.1, -0.05) is 12.1 Å². The van der Waals surface area contributed by atoms with Gasteiger partial charge in [0.25, 0.3) is 0 Å². The number of nitrogens with zero attached hydrogens (tertiary/aromatic N) is 1. The van der Waals surface area contributed by atoms with Gasteiger partial charge < -0.3 is 4.74 Å². The summed E-state index contributed by atoms with van der Waals surface area (Å²) in [5, 5.41) is 0. The lowest BCUT2D eigenvalue weighted by Gasteiger charge is -2.06. The average Bonchev–Trinajstić information content (AvgIpc) is 2.53. The van der Waals surface area contributed by atoms with E-state index in [-0.39, 0.29) is 5.97 Å². The predicted molar refractivity (Wildman–Crippen MR) is 82.3 cm³/mol. The Hall–Kier alpha value is -2.07. The summed E-state index contributed by atoms with van der Waals surface area (Å²) in [6.07, 6.45) is 7.17.